The van der Waals surface area contributed by atoms with Crippen molar-refractivity contribution in [1.82, 2.24) is 0 Å². The van der Waals surface area contributed by atoms with Gasteiger partial charge in [0.25, 0.3) is 0 Å². The molecule has 0 aliphatic carbocycles. The van der Waals surface area contributed by atoms with E-state index in [4.69, 9.17) is 0 Å². The Hall–Kier alpha value is 25.4. The molecule has 0 amide bonds. The van der Waals surface area contributed by atoms with E-state index in [1.54, 1.807) is 0 Å². The van der Waals surface area contributed by atoms with Gasteiger partial charge in [0, 0.05) is 0 Å². The minimum absolute atomic E-state index is 0.254. The van der Waals surface area contributed by atoms with Gasteiger partial charge in [0.1, 0.15) is 0 Å². The summed E-state index contributed by atoms with van der Waals surface area (Å²) in [5.74, 6) is 0. The molecule has 0 nitrogen and oxygen atoms in total. The van der Waals surface area contributed by atoms with Crippen molar-refractivity contribution in [2.75, 3.05) is 0 Å². The monoisotopic (exact) mass is 1890 g/mol. The molecule has 0 aromatic heterocycles. The van der Waals surface area contributed by atoms with Crippen molar-refractivity contribution in [3.63, 3.8) is 0 Å². The predicted molar refractivity (Wildman–Crippen MR) is 493 cm³/mol. The molecule has 0 radical (unpaired) electrons. The normalized spacial score (nSPS) is 16.2. The molecule has 0 saturated carbocycles. The molecule has 59 heteroatoms. The van der Waals surface area contributed by atoms with Gasteiger partial charge in [0.05, 0.1) is 1.28 Å². The van der Waals surface area contributed by atoms with Crippen LogP contribution in [0.5, 0.6) is 0 Å². The third-order valence-electron chi connectivity index (χ3n) is 5.02. The molecule has 59 heavy (non-hydrogen) atoms. The number of hydrogen-bond donors (Lipinski definition) is 0. The van der Waals surface area contributed by atoms with Crippen molar-refractivity contribution >= 4 is 471 Å². The fraction of sp³-hybridized carbons (Fsp3) is 0. The first kappa shape index (κ1) is 82.4. The average Bonchev–Trinajstić information content (AvgIpc) is 3.01. The van der Waals surface area contributed by atoms with Crippen molar-refractivity contribution in [2.24, 2.45) is 0 Å². The summed E-state index contributed by atoms with van der Waals surface area (Å²) in [6.45, 7) is -8.94. The van der Waals surface area contributed by atoms with Crippen molar-refractivity contribution in [3.8, 4) is 0 Å². The van der Waals surface area contributed by atoms with Crippen molar-refractivity contribution in [3.05, 3.63) is 0 Å². The maximum absolute atomic E-state index is 12.3. The van der Waals surface area contributed by atoms with Gasteiger partial charge in [-0.15, -0.1) is 268 Å². The first-order valence-electron chi connectivity index (χ1n) is 13.8. The highest BCUT2D eigenvalue weighted by atomic mass is 33.5. The Kier molecular flexibility index (Phi) is 64.8. The first-order chi connectivity index (χ1) is 27.2. The molecular formula is H61P59. The van der Waals surface area contributed by atoms with Crippen LogP contribution in [0.15, 0.2) is 0 Å². The van der Waals surface area contributed by atoms with Crippen molar-refractivity contribution in [2.45, 2.75) is 0 Å². The molecule has 0 saturated heterocycles. The van der Waals surface area contributed by atoms with Gasteiger partial charge in [0.15, 0.2) is 0 Å². The maximum atomic E-state index is 12.3. The summed E-state index contributed by atoms with van der Waals surface area (Å²) in [6.07, 6.45) is 0. The van der Waals surface area contributed by atoms with E-state index >= 15 is 0 Å². The molecule has 0 aliphatic rings. The summed E-state index contributed by atoms with van der Waals surface area (Å²) in [7, 11) is 103. The molecule has 356 valence electrons. The summed E-state index contributed by atoms with van der Waals surface area (Å²) in [5.41, 5.74) is 0. The first-order valence-corrected chi connectivity index (χ1v) is 120. The second-order valence-corrected chi connectivity index (χ2v) is 251. The molecule has 33 unspecified atom stereocenters. The molecule has 0 rings (SSSR count). The lowest BCUT2D eigenvalue weighted by atomic mass is 28.4. The zero-order chi connectivity index (χ0) is 47.7. The smallest absolute Gasteiger partial charge is 0.0690 e. The third-order valence-corrected chi connectivity index (χ3v) is 406. The van der Waals surface area contributed by atoms with E-state index < -0.39 is 21.9 Å². The highest BCUT2D eigenvalue weighted by molar-refractivity contribution is 9.49. The summed E-state index contributed by atoms with van der Waals surface area (Å²) < 4.78 is 12.3. The van der Waals surface area contributed by atoms with Gasteiger partial charge >= 0.3 is 0 Å². The lowest BCUT2D eigenvalue weighted by Crippen LogP contribution is -1.68. The third kappa shape index (κ3) is 31.0. The van der Waals surface area contributed by atoms with Gasteiger partial charge in [-0.1, -0.05) is 0 Å². The number of hydrogen-bond acceptors (Lipinski definition) is 0. The van der Waals surface area contributed by atoms with E-state index in [-0.39, 0.29) is 182 Å². The average molecular weight is 1890 g/mol. The molecule has 0 fully saturated rings. The Morgan fingerprint density at radius 3 is 0.390 bits per heavy atom. The van der Waals surface area contributed by atoms with Gasteiger partial charge in [-0.2, -0.15) is 0 Å². The van der Waals surface area contributed by atoms with Crippen LogP contribution >= 0.6 is 471 Å². The van der Waals surface area contributed by atoms with E-state index in [0.717, 1.165) is 0 Å². The second kappa shape index (κ2) is 46.4. The fourth-order valence-corrected chi connectivity index (χ4v) is 823. The minimum Gasteiger partial charge on any atom is -0.102 e. The Bertz CT molecular complexity index is 938. The van der Waals surface area contributed by atoms with E-state index in [1.165, 1.54) is 0 Å². The zero-order valence-electron chi connectivity index (χ0n) is 31.3. The van der Waals surface area contributed by atoms with Gasteiger partial charge in [-0.25, -0.2) is 0 Å². The number of rotatable bonds is 28. The molecule has 0 heterocycles. The Labute approximate surface area is 465 Å². The lowest BCUT2D eigenvalue weighted by Gasteiger charge is -2.56. The minimum atomic E-state index is -0.988. The Morgan fingerprint density at radius 2 is 0.271 bits per heavy atom. The zero-order valence-corrected chi connectivity index (χ0v) is 90.9. The Balaban J connectivity index is 10.1. The van der Waals surface area contributed by atoms with Crippen LogP contribution < -0.4 is 0 Å². The van der Waals surface area contributed by atoms with Crippen LogP contribution in [0, 0.1) is 0 Å². The predicted octanol–water partition coefficient (Wildman–Crippen LogP) is 34.5. The van der Waals surface area contributed by atoms with E-state index in [1.807, 2.05) is 0 Å². The second-order valence-electron chi connectivity index (χ2n) is 9.28. The van der Waals surface area contributed by atoms with Crippen molar-refractivity contribution < 1.29 is 0 Å². The molecule has 0 bridgehead atoms. The van der Waals surface area contributed by atoms with Crippen molar-refractivity contribution in [1.29, 1.82) is 1.28 Å². The summed E-state index contributed by atoms with van der Waals surface area (Å²) in [5, 5.41) is 0. The van der Waals surface area contributed by atoms with E-state index in [2.05, 4.69) is 268 Å². The molecule has 0 aliphatic heterocycles. The molecule has 0 spiro atoms. The molecule has 33 atom stereocenters. The standard InChI is InChI=1S/H61P59/c1-32(2)49(33(3)4)56(46(29)30)47(57(50(34(5)6)35(7)8)51(36(9)10)37(11)12)31-48(58(52(38(13)14)39(15)16)53(40(17)18)41(19)20)59(54(42(21)22)43(23)24)55(44(25)26)45(27)28/h31H,1-30H2/i31T. The van der Waals surface area contributed by atoms with Crippen LogP contribution in [0.3, 0.4) is 0 Å². The maximum Gasteiger partial charge on any atom is 0.0690 e. The lowest BCUT2D eigenvalue weighted by molar-refractivity contribution is 4.38. The van der Waals surface area contributed by atoms with Gasteiger partial charge in [-0.05, 0) is 204 Å². The van der Waals surface area contributed by atoms with Crippen LogP contribution in [0.2, 0.25) is 0 Å². The molecular weight excluding hydrogens is 1830 g/mol. The van der Waals surface area contributed by atoms with Gasteiger partial charge < -0.3 is 0 Å². The van der Waals surface area contributed by atoms with Gasteiger partial charge in [0.2, 0.25) is 0 Å². The molecule has 0 aromatic carbocycles. The molecule has 0 N–H and O–H groups in total. The summed E-state index contributed by atoms with van der Waals surface area (Å²) in [6, 6.07) is 0. The van der Waals surface area contributed by atoms with Gasteiger partial charge in [-0.3, -0.25) is 0 Å². The van der Waals surface area contributed by atoms with E-state index in [0.29, 0.717) is 0 Å². The highest BCUT2D eigenvalue weighted by Crippen LogP contribution is 3.44. The highest BCUT2D eigenvalue weighted by Gasteiger charge is 2.56. The SMILES string of the molecule is [3H]P(P(P(P(P)P)P(P(P)P)P(P)P)P(P(P(P)P)P(P)P)P(P(P)P)P(P)P)P(P(P(P(P)P)P(P)P)P(P(P)P)P(P)P)P(P(P(P)P)P(P)P)P(P(P)P)P(P)P. The quantitative estimate of drug-likeness (QED) is 0.0685. The van der Waals surface area contributed by atoms with Crippen LogP contribution in [-0.4, -0.2) is 1.28 Å². The van der Waals surface area contributed by atoms with E-state index in [9.17, 15) is 1.28 Å². The van der Waals surface area contributed by atoms with Crippen LogP contribution in [0.1, 0.15) is 0 Å². The summed E-state index contributed by atoms with van der Waals surface area (Å²) >= 11 is 0. The fourth-order valence-electron chi connectivity index (χ4n) is 3.39. The topological polar surface area (TPSA) is 0 Å². The van der Waals surface area contributed by atoms with Crippen LogP contribution in [0.25, 0.3) is 0 Å². The Morgan fingerprint density at radius 1 is 0.169 bits per heavy atom. The largest absolute Gasteiger partial charge is 0.102 e. The van der Waals surface area contributed by atoms with Crippen LogP contribution in [-0.2, 0) is 0 Å². The van der Waals surface area contributed by atoms with Crippen LogP contribution in [0.4, 0.5) is 0 Å². The summed E-state index contributed by atoms with van der Waals surface area (Å²) in [4.78, 5) is 0. The molecule has 0 aromatic rings.